The van der Waals surface area contributed by atoms with E-state index in [1.807, 2.05) is 20.8 Å². The number of carboxylic acids is 1. The van der Waals surface area contributed by atoms with Gasteiger partial charge in [-0.3, -0.25) is 4.79 Å². The Morgan fingerprint density at radius 1 is 1.13 bits per heavy atom. The van der Waals surface area contributed by atoms with E-state index < -0.39 is 22.0 Å². The molecule has 2 aromatic heterocycles. The van der Waals surface area contributed by atoms with Crippen molar-refractivity contribution in [2.24, 2.45) is 17.3 Å². The number of hydrogen-bond donors (Lipinski definition) is 1. The number of nitrogens with zero attached hydrogens (tertiary/aromatic N) is 4. The maximum Gasteiger partial charge on any atom is 0.348 e. The molecule has 2 aliphatic rings. The summed E-state index contributed by atoms with van der Waals surface area (Å²) in [5.41, 5.74) is 0.0197. The van der Waals surface area contributed by atoms with Crippen molar-refractivity contribution in [1.29, 1.82) is 0 Å². The van der Waals surface area contributed by atoms with Crippen LogP contribution in [0.25, 0.3) is 0 Å². The molecule has 0 aromatic carbocycles. The molecular formula is C27H34N4O5S2. The molecule has 0 spiro atoms. The number of carbonyl (C=O) groups excluding carboxylic acids is 1. The zero-order valence-corrected chi connectivity index (χ0v) is 23.8. The number of rotatable bonds is 6. The summed E-state index contributed by atoms with van der Waals surface area (Å²) in [6, 6.07) is 2.70. The molecule has 1 saturated carbocycles. The maximum absolute atomic E-state index is 14.0. The molecule has 1 saturated heterocycles. The number of aromatic carboxylic acids is 1. The van der Waals surface area contributed by atoms with Gasteiger partial charge in [0.05, 0.1) is 16.6 Å². The van der Waals surface area contributed by atoms with Crippen molar-refractivity contribution in [3.63, 3.8) is 0 Å². The zero-order chi connectivity index (χ0) is 27.7. The minimum atomic E-state index is -3.95. The smallest absolute Gasteiger partial charge is 0.348 e. The van der Waals surface area contributed by atoms with E-state index in [9.17, 15) is 23.1 Å². The lowest BCUT2D eigenvalue weighted by molar-refractivity contribution is -0.124. The third-order valence-electron chi connectivity index (χ3n) is 6.93. The Hall–Kier alpha value is -2.81. The van der Waals surface area contributed by atoms with E-state index in [1.54, 1.807) is 17.0 Å². The van der Waals surface area contributed by atoms with E-state index in [1.165, 1.54) is 16.7 Å². The molecule has 4 rings (SSSR count). The summed E-state index contributed by atoms with van der Waals surface area (Å²) in [5, 5.41) is 9.77. The SMILES string of the molecule is CC1CCC(C(=O)N(c2cc(C#CC(C)(C)C)sc2C(=O)O)C2CCN(S(=O)(=O)c3ncccn3)C2)CC1. The molecule has 1 aliphatic carbocycles. The largest absolute Gasteiger partial charge is 0.477 e. The first-order valence-corrected chi connectivity index (χ1v) is 15.1. The van der Waals surface area contributed by atoms with Crippen LogP contribution in [0.15, 0.2) is 29.7 Å². The van der Waals surface area contributed by atoms with E-state index in [0.29, 0.717) is 22.9 Å². The first-order valence-electron chi connectivity index (χ1n) is 12.9. The molecule has 11 heteroatoms. The van der Waals surface area contributed by atoms with E-state index in [2.05, 4.69) is 28.7 Å². The predicted molar refractivity (Wildman–Crippen MR) is 145 cm³/mol. The quantitative estimate of drug-likeness (QED) is 0.415. The average Bonchev–Trinajstić information content (AvgIpc) is 3.52. The van der Waals surface area contributed by atoms with Crippen LogP contribution < -0.4 is 4.90 Å². The minimum Gasteiger partial charge on any atom is -0.477 e. The van der Waals surface area contributed by atoms with Crippen molar-refractivity contribution in [3.05, 3.63) is 34.3 Å². The van der Waals surface area contributed by atoms with Gasteiger partial charge in [-0.25, -0.2) is 23.2 Å². The lowest BCUT2D eigenvalue weighted by Crippen LogP contribution is -2.46. The van der Waals surface area contributed by atoms with Crippen LogP contribution in [0.4, 0.5) is 5.69 Å². The summed E-state index contributed by atoms with van der Waals surface area (Å²) in [4.78, 5) is 36.3. The van der Waals surface area contributed by atoms with Gasteiger partial charge >= 0.3 is 5.97 Å². The molecule has 1 N–H and O–H groups in total. The van der Waals surface area contributed by atoms with Crippen LogP contribution in [0, 0.1) is 29.1 Å². The standard InChI is InChI=1S/C27H34N4O5S2/c1-18-6-8-19(9-7-18)24(32)31(22-16-21(10-12-27(2,3)4)37-23(22)25(33)34)20-11-15-30(17-20)38(35,36)26-28-13-5-14-29-26/h5,13-14,16,18-20H,6-9,11,15,17H2,1-4H3,(H,33,34). The van der Waals surface area contributed by atoms with E-state index >= 15 is 0 Å². The monoisotopic (exact) mass is 558 g/mol. The first kappa shape index (κ1) is 28.2. The Bertz CT molecular complexity index is 1350. The molecule has 1 aliphatic heterocycles. The summed E-state index contributed by atoms with van der Waals surface area (Å²) in [6.07, 6.45) is 6.43. The second-order valence-corrected chi connectivity index (χ2v) is 14.0. The molecule has 0 radical (unpaired) electrons. The van der Waals surface area contributed by atoms with Gasteiger partial charge in [-0.05, 0) is 70.9 Å². The normalized spacial score (nSPS) is 22.5. The summed E-state index contributed by atoms with van der Waals surface area (Å²) < 4.78 is 27.7. The summed E-state index contributed by atoms with van der Waals surface area (Å²) >= 11 is 1.04. The third-order valence-corrected chi connectivity index (χ3v) is 9.64. The van der Waals surface area contributed by atoms with Gasteiger partial charge in [0, 0.05) is 36.8 Å². The molecule has 1 amide bonds. The Balaban J connectivity index is 1.72. The Labute approximate surface area is 228 Å². The Kier molecular flexibility index (Phi) is 8.26. The molecule has 0 bridgehead atoms. The van der Waals surface area contributed by atoms with E-state index in [-0.39, 0.29) is 40.4 Å². The molecule has 204 valence electrons. The second kappa shape index (κ2) is 11.1. The Morgan fingerprint density at radius 3 is 2.39 bits per heavy atom. The van der Waals surface area contributed by atoms with Crippen LogP contribution in [0.1, 0.15) is 74.3 Å². The van der Waals surface area contributed by atoms with Gasteiger partial charge in [-0.2, -0.15) is 4.31 Å². The van der Waals surface area contributed by atoms with E-state index in [4.69, 9.17) is 0 Å². The first-order chi connectivity index (χ1) is 17.9. The zero-order valence-electron chi connectivity index (χ0n) is 22.2. The number of carboxylic acid groups (broad SMARTS) is 1. The fraction of sp³-hybridized carbons (Fsp3) is 0.556. The van der Waals surface area contributed by atoms with Gasteiger partial charge in [-0.1, -0.05) is 18.8 Å². The number of aromatic nitrogens is 2. The highest BCUT2D eigenvalue weighted by Gasteiger charge is 2.42. The fourth-order valence-corrected chi connectivity index (χ4v) is 7.07. The lowest BCUT2D eigenvalue weighted by Gasteiger charge is -2.34. The Morgan fingerprint density at radius 2 is 1.79 bits per heavy atom. The average molecular weight is 559 g/mol. The van der Waals surface area contributed by atoms with Crippen LogP contribution in [0.2, 0.25) is 0 Å². The topological polar surface area (TPSA) is 121 Å². The fourth-order valence-electron chi connectivity index (χ4n) is 4.90. The summed E-state index contributed by atoms with van der Waals surface area (Å²) in [6.45, 7) is 8.29. The van der Waals surface area contributed by atoms with Crippen LogP contribution >= 0.6 is 11.3 Å². The third kappa shape index (κ3) is 6.25. The number of thiophene rings is 1. The molecular weight excluding hydrogens is 524 g/mol. The molecule has 3 heterocycles. The molecule has 1 atom stereocenters. The highest BCUT2D eigenvalue weighted by atomic mass is 32.2. The predicted octanol–water partition coefficient (Wildman–Crippen LogP) is 4.26. The van der Waals surface area contributed by atoms with Crippen LogP contribution in [-0.2, 0) is 14.8 Å². The van der Waals surface area contributed by atoms with Crippen LogP contribution in [0.3, 0.4) is 0 Å². The van der Waals surface area contributed by atoms with Crippen molar-refractivity contribution >= 4 is 38.9 Å². The number of carbonyl (C=O) groups is 2. The lowest BCUT2D eigenvalue weighted by atomic mass is 9.82. The maximum atomic E-state index is 14.0. The van der Waals surface area contributed by atoms with E-state index in [0.717, 1.165) is 37.0 Å². The van der Waals surface area contributed by atoms with Gasteiger partial charge in [0.1, 0.15) is 4.88 Å². The number of sulfonamides is 1. The van der Waals surface area contributed by atoms with Gasteiger partial charge in [0.2, 0.25) is 5.91 Å². The van der Waals surface area contributed by atoms with Gasteiger partial charge in [0.25, 0.3) is 15.2 Å². The van der Waals surface area contributed by atoms with Crippen molar-refractivity contribution in [2.75, 3.05) is 18.0 Å². The van der Waals surface area contributed by atoms with Gasteiger partial charge in [0.15, 0.2) is 0 Å². The minimum absolute atomic E-state index is 0.0351. The summed E-state index contributed by atoms with van der Waals surface area (Å²) in [7, 11) is -3.95. The molecule has 38 heavy (non-hydrogen) atoms. The van der Waals surface area contributed by atoms with Crippen LogP contribution in [-0.4, -0.2) is 58.8 Å². The van der Waals surface area contributed by atoms with Crippen LogP contribution in [0.5, 0.6) is 0 Å². The van der Waals surface area contributed by atoms with Gasteiger partial charge in [-0.15, -0.1) is 11.3 Å². The summed E-state index contributed by atoms with van der Waals surface area (Å²) in [5.74, 6) is 5.23. The van der Waals surface area contributed by atoms with Crippen molar-refractivity contribution in [1.82, 2.24) is 14.3 Å². The molecule has 9 nitrogen and oxygen atoms in total. The number of amides is 1. The molecule has 2 aromatic rings. The highest BCUT2D eigenvalue weighted by Crippen LogP contribution is 2.38. The van der Waals surface area contributed by atoms with Crippen molar-refractivity contribution < 1.29 is 23.1 Å². The molecule has 2 fully saturated rings. The van der Waals surface area contributed by atoms with Crippen molar-refractivity contribution in [2.45, 2.75) is 71.0 Å². The van der Waals surface area contributed by atoms with Gasteiger partial charge < -0.3 is 10.0 Å². The molecule has 1 unspecified atom stereocenters. The second-order valence-electron chi connectivity index (χ2n) is 11.1. The number of hydrogen-bond acceptors (Lipinski definition) is 7. The highest BCUT2D eigenvalue weighted by molar-refractivity contribution is 7.89. The van der Waals surface area contributed by atoms with Crippen molar-refractivity contribution in [3.8, 4) is 11.8 Å². The number of anilines is 1.